The predicted octanol–water partition coefficient (Wildman–Crippen LogP) is 2.00. The lowest BCUT2D eigenvalue weighted by Gasteiger charge is -2.09. The van der Waals surface area contributed by atoms with Crippen molar-refractivity contribution < 1.29 is 14.6 Å². The van der Waals surface area contributed by atoms with E-state index in [1.165, 1.54) is 24.2 Å². The molecule has 1 heterocycles. The Balaban J connectivity index is 0.00000144. The first-order valence-corrected chi connectivity index (χ1v) is 4.63. The third-order valence-corrected chi connectivity index (χ3v) is 2.20. The molecule has 0 radical (unpaired) electrons. The number of benzene rings is 1. The van der Waals surface area contributed by atoms with Gasteiger partial charge in [0.1, 0.15) is 5.75 Å². The summed E-state index contributed by atoms with van der Waals surface area (Å²) in [5.41, 5.74) is 0.754. The summed E-state index contributed by atoms with van der Waals surface area (Å²) in [6.45, 7) is 0. The van der Waals surface area contributed by atoms with Gasteiger partial charge in [0.15, 0.2) is 5.69 Å². The third-order valence-electron chi connectivity index (χ3n) is 2.20. The average Bonchev–Trinajstić information content (AvgIpc) is 2.77. The summed E-state index contributed by atoms with van der Waals surface area (Å²) in [7, 11) is 1.54. The van der Waals surface area contributed by atoms with Crippen LogP contribution in [0.15, 0.2) is 36.8 Å². The molecule has 6 heteroatoms. The van der Waals surface area contributed by atoms with E-state index in [0.717, 1.165) is 0 Å². The minimum absolute atomic E-state index is 0. The van der Waals surface area contributed by atoms with Crippen LogP contribution in [0.1, 0.15) is 10.5 Å². The van der Waals surface area contributed by atoms with E-state index in [2.05, 4.69) is 4.98 Å². The molecule has 2 rings (SSSR count). The second-order valence-corrected chi connectivity index (χ2v) is 3.13. The Morgan fingerprint density at radius 1 is 1.41 bits per heavy atom. The number of carboxylic acid groups (broad SMARTS) is 1. The van der Waals surface area contributed by atoms with E-state index in [1.54, 1.807) is 12.1 Å². The molecule has 1 aromatic heterocycles. The molecule has 1 N–H and O–H groups in total. The van der Waals surface area contributed by atoms with Gasteiger partial charge in [-0.3, -0.25) is 4.57 Å². The van der Waals surface area contributed by atoms with Gasteiger partial charge in [-0.05, 0) is 12.1 Å². The zero-order chi connectivity index (χ0) is 11.5. The van der Waals surface area contributed by atoms with Crippen molar-refractivity contribution in [2.75, 3.05) is 7.11 Å². The number of nitrogens with zero attached hydrogens (tertiary/aromatic N) is 2. The van der Waals surface area contributed by atoms with E-state index in [0.29, 0.717) is 11.4 Å². The van der Waals surface area contributed by atoms with Crippen LogP contribution in [0.4, 0.5) is 0 Å². The summed E-state index contributed by atoms with van der Waals surface area (Å²) >= 11 is 0. The van der Waals surface area contributed by atoms with E-state index in [1.807, 2.05) is 12.1 Å². The zero-order valence-electron chi connectivity index (χ0n) is 9.03. The van der Waals surface area contributed by atoms with E-state index in [4.69, 9.17) is 9.84 Å². The summed E-state index contributed by atoms with van der Waals surface area (Å²) < 4.78 is 6.64. The number of aromatic nitrogens is 2. The second-order valence-electron chi connectivity index (χ2n) is 3.13. The SMILES string of the molecule is COc1ccccc1-n1cncc1C(=O)O.Cl. The van der Waals surface area contributed by atoms with Crippen LogP contribution >= 0.6 is 12.4 Å². The van der Waals surface area contributed by atoms with Crippen molar-refractivity contribution in [3.63, 3.8) is 0 Å². The summed E-state index contributed by atoms with van der Waals surface area (Å²) in [4.78, 5) is 14.8. The molecule has 0 unspecified atom stereocenters. The first-order valence-electron chi connectivity index (χ1n) is 4.63. The molecule has 0 saturated carbocycles. The van der Waals surface area contributed by atoms with Crippen molar-refractivity contribution in [2.24, 2.45) is 0 Å². The van der Waals surface area contributed by atoms with Crippen molar-refractivity contribution in [1.82, 2.24) is 9.55 Å². The number of hydrogen-bond acceptors (Lipinski definition) is 3. The van der Waals surface area contributed by atoms with Gasteiger partial charge in [0.25, 0.3) is 0 Å². The maximum atomic E-state index is 11.0. The second kappa shape index (κ2) is 5.36. The number of carbonyl (C=O) groups is 1. The first-order chi connectivity index (χ1) is 7.74. The van der Waals surface area contributed by atoms with Crippen LogP contribution in [0.3, 0.4) is 0 Å². The summed E-state index contributed by atoms with van der Waals surface area (Å²) in [6.07, 6.45) is 2.75. The van der Waals surface area contributed by atoms with E-state index in [-0.39, 0.29) is 18.1 Å². The monoisotopic (exact) mass is 254 g/mol. The van der Waals surface area contributed by atoms with Crippen LogP contribution in [0.5, 0.6) is 5.75 Å². The molecule has 2 aromatic rings. The Morgan fingerprint density at radius 3 is 2.76 bits per heavy atom. The molecule has 0 aliphatic heterocycles. The lowest BCUT2D eigenvalue weighted by atomic mass is 10.3. The first kappa shape index (κ1) is 13.1. The van der Waals surface area contributed by atoms with E-state index >= 15 is 0 Å². The Bertz CT molecular complexity index is 525. The van der Waals surface area contributed by atoms with Crippen LogP contribution in [-0.2, 0) is 0 Å². The van der Waals surface area contributed by atoms with Gasteiger partial charge in [-0.1, -0.05) is 12.1 Å². The smallest absolute Gasteiger partial charge is 0.354 e. The lowest BCUT2D eigenvalue weighted by molar-refractivity contribution is 0.0688. The molecule has 0 bridgehead atoms. The molecule has 1 aromatic carbocycles. The van der Waals surface area contributed by atoms with Gasteiger partial charge in [0.05, 0.1) is 25.3 Å². The van der Waals surface area contributed by atoms with Crippen LogP contribution < -0.4 is 4.74 Å². The van der Waals surface area contributed by atoms with Gasteiger partial charge in [0, 0.05) is 0 Å². The van der Waals surface area contributed by atoms with E-state index < -0.39 is 5.97 Å². The number of aromatic carboxylic acids is 1. The summed E-state index contributed by atoms with van der Waals surface area (Å²) in [5.74, 6) is -0.425. The highest BCUT2D eigenvalue weighted by Gasteiger charge is 2.13. The minimum Gasteiger partial charge on any atom is -0.495 e. The van der Waals surface area contributed by atoms with Gasteiger partial charge in [-0.15, -0.1) is 12.4 Å². The van der Waals surface area contributed by atoms with Crippen molar-refractivity contribution in [1.29, 1.82) is 0 Å². The van der Waals surface area contributed by atoms with Gasteiger partial charge in [-0.2, -0.15) is 0 Å². The topological polar surface area (TPSA) is 64.4 Å². The average molecular weight is 255 g/mol. The lowest BCUT2D eigenvalue weighted by Crippen LogP contribution is -2.06. The van der Waals surface area contributed by atoms with Crippen LogP contribution in [0, 0.1) is 0 Å². The Labute approximate surface area is 104 Å². The van der Waals surface area contributed by atoms with Crippen molar-refractivity contribution in [3.8, 4) is 11.4 Å². The fourth-order valence-corrected chi connectivity index (χ4v) is 1.47. The summed E-state index contributed by atoms with van der Waals surface area (Å²) in [6, 6.07) is 7.16. The van der Waals surface area contributed by atoms with Crippen molar-refractivity contribution in [2.45, 2.75) is 0 Å². The molecule has 0 aliphatic rings. The van der Waals surface area contributed by atoms with Gasteiger partial charge in [-0.25, -0.2) is 9.78 Å². The number of rotatable bonds is 3. The standard InChI is InChI=1S/C11H10N2O3.ClH/c1-16-10-5-3-2-4-8(10)13-7-12-6-9(13)11(14)15;/h2-7H,1H3,(H,14,15);1H. The van der Waals surface area contributed by atoms with Crippen LogP contribution in [0.25, 0.3) is 5.69 Å². The Morgan fingerprint density at radius 2 is 2.12 bits per heavy atom. The molecule has 0 amide bonds. The molecule has 5 nitrogen and oxygen atoms in total. The molecular formula is C11H11ClN2O3. The molecule has 90 valence electrons. The largest absolute Gasteiger partial charge is 0.495 e. The highest BCUT2D eigenvalue weighted by Crippen LogP contribution is 2.23. The number of methoxy groups -OCH3 is 1. The maximum absolute atomic E-state index is 11.0. The van der Waals surface area contributed by atoms with Gasteiger partial charge in [0.2, 0.25) is 0 Å². The number of carboxylic acids is 1. The van der Waals surface area contributed by atoms with E-state index in [9.17, 15) is 4.79 Å². The van der Waals surface area contributed by atoms with Crippen molar-refractivity contribution >= 4 is 18.4 Å². The fourth-order valence-electron chi connectivity index (χ4n) is 1.47. The summed E-state index contributed by atoms with van der Waals surface area (Å²) in [5, 5.41) is 8.98. The van der Waals surface area contributed by atoms with Crippen LogP contribution in [0.2, 0.25) is 0 Å². The molecule has 0 spiro atoms. The molecule has 0 aliphatic carbocycles. The molecule has 0 atom stereocenters. The highest BCUT2D eigenvalue weighted by molar-refractivity contribution is 5.86. The number of hydrogen-bond donors (Lipinski definition) is 1. The normalized spacial score (nSPS) is 9.47. The van der Waals surface area contributed by atoms with Crippen LogP contribution in [-0.4, -0.2) is 27.7 Å². The zero-order valence-corrected chi connectivity index (χ0v) is 9.85. The molecule has 17 heavy (non-hydrogen) atoms. The maximum Gasteiger partial charge on any atom is 0.354 e. The van der Waals surface area contributed by atoms with Gasteiger partial charge < -0.3 is 9.84 Å². The molecule has 0 saturated heterocycles. The fraction of sp³-hybridized carbons (Fsp3) is 0.0909. The van der Waals surface area contributed by atoms with Crippen molar-refractivity contribution in [3.05, 3.63) is 42.5 Å². The third kappa shape index (κ3) is 2.39. The minimum atomic E-state index is -1.02. The Hall–Kier alpha value is -2.01. The van der Waals surface area contributed by atoms with Gasteiger partial charge >= 0.3 is 5.97 Å². The highest BCUT2D eigenvalue weighted by atomic mass is 35.5. The Kier molecular flexibility index (Phi) is 4.12. The molecular weight excluding hydrogens is 244 g/mol. The number of ether oxygens (including phenoxy) is 1. The number of para-hydroxylation sites is 2. The number of imidazole rings is 1. The predicted molar refractivity (Wildman–Crippen MR) is 64.3 cm³/mol. The number of halogens is 1. The quantitative estimate of drug-likeness (QED) is 0.910. The molecule has 0 fully saturated rings.